The predicted molar refractivity (Wildman–Crippen MR) is 80.4 cm³/mol. The smallest absolute Gasteiger partial charge is 0.317 e. The molecule has 0 aliphatic carbocycles. The molecule has 1 atom stereocenters. The highest BCUT2D eigenvalue weighted by atomic mass is 16.5. The second-order valence-corrected chi connectivity index (χ2v) is 6.06. The molecule has 2 fully saturated rings. The molecule has 3 heterocycles. The quantitative estimate of drug-likeness (QED) is 0.857. The maximum Gasteiger partial charge on any atom is 0.317 e. The number of carbonyl (C=O) groups is 1. The van der Waals surface area contributed by atoms with Crippen LogP contribution in [-0.2, 0) is 11.3 Å². The van der Waals surface area contributed by atoms with Crippen LogP contribution < -0.4 is 5.32 Å². The van der Waals surface area contributed by atoms with Crippen LogP contribution in [0.2, 0.25) is 0 Å². The van der Waals surface area contributed by atoms with Crippen molar-refractivity contribution in [1.29, 1.82) is 0 Å². The average molecular weight is 308 g/mol. The van der Waals surface area contributed by atoms with Gasteiger partial charge in [0.15, 0.2) is 0 Å². The van der Waals surface area contributed by atoms with Gasteiger partial charge in [-0.2, -0.15) is 5.10 Å². The summed E-state index contributed by atoms with van der Waals surface area (Å²) in [6.07, 6.45) is 6.34. The minimum absolute atomic E-state index is 0.0488. The number of aliphatic hydroxyl groups is 1. The number of amides is 2. The highest BCUT2D eigenvalue weighted by molar-refractivity contribution is 5.74. The summed E-state index contributed by atoms with van der Waals surface area (Å²) >= 11 is 0. The number of urea groups is 1. The van der Waals surface area contributed by atoms with Crippen LogP contribution in [0, 0.1) is 0 Å². The zero-order chi connectivity index (χ0) is 15.4. The van der Waals surface area contributed by atoms with E-state index in [1.54, 1.807) is 15.8 Å². The molecule has 7 nitrogen and oxygen atoms in total. The van der Waals surface area contributed by atoms with Gasteiger partial charge < -0.3 is 20.1 Å². The first kappa shape index (κ1) is 15.3. The van der Waals surface area contributed by atoms with Crippen LogP contribution in [0.25, 0.3) is 0 Å². The number of aromatic nitrogens is 2. The molecule has 0 radical (unpaired) electrons. The molecule has 1 spiro atoms. The topological polar surface area (TPSA) is 79.6 Å². The molecule has 122 valence electrons. The molecule has 22 heavy (non-hydrogen) atoms. The lowest BCUT2D eigenvalue weighted by molar-refractivity contribution is -0.173. The second kappa shape index (κ2) is 6.66. The van der Waals surface area contributed by atoms with Crippen LogP contribution in [0.4, 0.5) is 4.79 Å². The van der Waals surface area contributed by atoms with E-state index in [1.807, 2.05) is 12.3 Å². The van der Waals surface area contributed by atoms with Crippen molar-refractivity contribution < 1.29 is 14.6 Å². The first-order valence-electron chi connectivity index (χ1n) is 8.02. The number of rotatable bonds is 3. The Morgan fingerprint density at radius 2 is 2.27 bits per heavy atom. The Bertz CT molecular complexity index is 483. The van der Waals surface area contributed by atoms with Crippen molar-refractivity contribution in [3.8, 4) is 0 Å². The van der Waals surface area contributed by atoms with E-state index in [0.717, 1.165) is 12.8 Å². The Hall–Kier alpha value is -1.60. The van der Waals surface area contributed by atoms with Gasteiger partial charge in [-0.1, -0.05) is 0 Å². The highest BCUT2D eigenvalue weighted by Gasteiger charge is 2.44. The fourth-order valence-electron chi connectivity index (χ4n) is 3.30. The SMILES string of the molecule is O=C(NCCn1cccn1)N1CCC2(CC1)OCCC[C@H]2O. The van der Waals surface area contributed by atoms with Crippen molar-refractivity contribution >= 4 is 6.03 Å². The van der Waals surface area contributed by atoms with Crippen LogP contribution in [0.1, 0.15) is 25.7 Å². The number of ether oxygens (including phenoxy) is 1. The van der Waals surface area contributed by atoms with Gasteiger partial charge >= 0.3 is 6.03 Å². The molecule has 2 aliphatic rings. The summed E-state index contributed by atoms with van der Waals surface area (Å²) in [6, 6.07) is 1.81. The summed E-state index contributed by atoms with van der Waals surface area (Å²) in [7, 11) is 0. The van der Waals surface area contributed by atoms with E-state index < -0.39 is 11.7 Å². The summed E-state index contributed by atoms with van der Waals surface area (Å²) in [6.45, 7) is 3.20. The number of nitrogens with one attached hydrogen (secondary N) is 1. The molecule has 0 bridgehead atoms. The largest absolute Gasteiger partial charge is 0.390 e. The molecule has 0 saturated carbocycles. The second-order valence-electron chi connectivity index (χ2n) is 6.06. The standard InChI is InChI=1S/C15H24N4O3/c20-13-3-1-12-22-15(13)4-9-18(10-5-15)14(21)16-7-11-19-8-2-6-17-19/h2,6,8,13,20H,1,3-5,7,9-12H2,(H,16,21)/t13-/m1/s1. The molecule has 2 N–H and O–H groups in total. The van der Waals surface area contributed by atoms with Gasteiger partial charge in [-0.25, -0.2) is 4.79 Å². The van der Waals surface area contributed by atoms with E-state index in [9.17, 15) is 9.90 Å². The van der Waals surface area contributed by atoms with Gasteiger partial charge in [-0.3, -0.25) is 4.68 Å². The lowest BCUT2D eigenvalue weighted by atomic mass is 9.82. The van der Waals surface area contributed by atoms with Gasteiger partial charge in [-0.05, 0) is 31.7 Å². The zero-order valence-electron chi connectivity index (χ0n) is 12.8. The molecule has 2 amide bonds. The maximum absolute atomic E-state index is 12.2. The molecule has 2 aliphatic heterocycles. The molecule has 1 aromatic heterocycles. The number of aliphatic hydroxyl groups excluding tert-OH is 1. The third-order valence-corrected chi connectivity index (χ3v) is 4.69. The molecular formula is C15H24N4O3. The van der Waals surface area contributed by atoms with Crippen molar-refractivity contribution in [3.05, 3.63) is 18.5 Å². The van der Waals surface area contributed by atoms with Crippen molar-refractivity contribution in [2.24, 2.45) is 0 Å². The Morgan fingerprint density at radius 1 is 1.45 bits per heavy atom. The van der Waals surface area contributed by atoms with E-state index in [-0.39, 0.29) is 6.03 Å². The molecule has 7 heteroatoms. The van der Waals surface area contributed by atoms with Crippen molar-refractivity contribution in [2.75, 3.05) is 26.2 Å². The Balaban J connectivity index is 1.43. The molecule has 1 aromatic rings. The minimum Gasteiger partial charge on any atom is -0.390 e. The van der Waals surface area contributed by atoms with E-state index in [2.05, 4.69) is 10.4 Å². The highest BCUT2D eigenvalue weighted by Crippen LogP contribution is 2.35. The van der Waals surface area contributed by atoms with Gasteiger partial charge in [0.05, 0.1) is 18.2 Å². The molecule has 2 saturated heterocycles. The van der Waals surface area contributed by atoms with Gasteiger partial charge in [0.25, 0.3) is 0 Å². The number of hydrogen-bond donors (Lipinski definition) is 2. The van der Waals surface area contributed by atoms with Crippen molar-refractivity contribution in [3.63, 3.8) is 0 Å². The van der Waals surface area contributed by atoms with E-state index in [1.165, 1.54) is 0 Å². The van der Waals surface area contributed by atoms with Gasteiger partial charge in [0, 0.05) is 38.6 Å². The van der Waals surface area contributed by atoms with E-state index >= 15 is 0 Å². The van der Waals surface area contributed by atoms with Crippen LogP contribution in [0.5, 0.6) is 0 Å². The fraction of sp³-hybridized carbons (Fsp3) is 0.733. The summed E-state index contributed by atoms with van der Waals surface area (Å²) in [5.41, 5.74) is -0.426. The third kappa shape index (κ3) is 3.25. The van der Waals surface area contributed by atoms with Crippen LogP contribution in [0.3, 0.4) is 0 Å². The van der Waals surface area contributed by atoms with Gasteiger partial charge in [0.2, 0.25) is 0 Å². The number of piperidine rings is 1. The first-order chi connectivity index (χ1) is 10.7. The number of hydrogen-bond acceptors (Lipinski definition) is 4. The molecular weight excluding hydrogens is 284 g/mol. The maximum atomic E-state index is 12.2. The third-order valence-electron chi connectivity index (χ3n) is 4.69. The normalized spacial score (nSPS) is 24.4. The predicted octanol–water partition coefficient (Wildman–Crippen LogP) is 0.599. The Kier molecular flexibility index (Phi) is 4.63. The minimum atomic E-state index is -0.426. The molecule has 3 rings (SSSR count). The number of carbonyl (C=O) groups excluding carboxylic acids is 1. The lowest BCUT2D eigenvalue weighted by Gasteiger charge is -2.46. The number of nitrogens with zero attached hydrogens (tertiary/aromatic N) is 3. The first-order valence-corrected chi connectivity index (χ1v) is 8.02. The average Bonchev–Trinajstić information content (AvgIpc) is 3.04. The monoisotopic (exact) mass is 308 g/mol. The van der Waals surface area contributed by atoms with Gasteiger partial charge in [0.1, 0.15) is 0 Å². The van der Waals surface area contributed by atoms with E-state index in [0.29, 0.717) is 45.6 Å². The van der Waals surface area contributed by atoms with Crippen molar-refractivity contribution in [1.82, 2.24) is 20.0 Å². The summed E-state index contributed by atoms with van der Waals surface area (Å²) in [5.74, 6) is 0. The van der Waals surface area contributed by atoms with Crippen LogP contribution in [-0.4, -0.2) is 63.8 Å². The van der Waals surface area contributed by atoms with Crippen LogP contribution in [0.15, 0.2) is 18.5 Å². The Morgan fingerprint density at radius 3 is 2.95 bits per heavy atom. The lowest BCUT2D eigenvalue weighted by Crippen LogP contribution is -2.57. The summed E-state index contributed by atoms with van der Waals surface area (Å²) in [4.78, 5) is 14.0. The summed E-state index contributed by atoms with van der Waals surface area (Å²) in [5, 5.41) is 17.2. The van der Waals surface area contributed by atoms with Crippen LogP contribution >= 0.6 is 0 Å². The molecule has 0 aromatic carbocycles. The van der Waals surface area contributed by atoms with Crippen molar-refractivity contribution in [2.45, 2.75) is 43.9 Å². The zero-order valence-corrected chi connectivity index (χ0v) is 12.8. The summed E-state index contributed by atoms with van der Waals surface area (Å²) < 4.78 is 7.65. The Labute approximate surface area is 130 Å². The van der Waals surface area contributed by atoms with E-state index in [4.69, 9.17) is 4.74 Å². The van der Waals surface area contributed by atoms with Gasteiger partial charge in [-0.15, -0.1) is 0 Å². The fourth-order valence-corrected chi connectivity index (χ4v) is 3.30. The molecule has 0 unspecified atom stereocenters. The number of likely N-dealkylation sites (tertiary alicyclic amines) is 1.